The first kappa shape index (κ1) is 22.0. The van der Waals surface area contributed by atoms with Gasteiger partial charge in [-0.3, -0.25) is 14.3 Å². The van der Waals surface area contributed by atoms with Crippen LogP contribution < -0.4 is 10.9 Å². The van der Waals surface area contributed by atoms with Crippen molar-refractivity contribution in [1.29, 1.82) is 0 Å². The SMILES string of the molecule is Cn1cc(-n2nc(-c3ccc(Cl)cc3)cc(C(=O)NC3CCc4cc(F)c(F)cc43)c2=O)cn1. The van der Waals surface area contributed by atoms with Crippen LogP contribution >= 0.6 is 11.6 Å². The molecule has 10 heteroatoms. The van der Waals surface area contributed by atoms with Gasteiger partial charge in [0.1, 0.15) is 11.3 Å². The van der Waals surface area contributed by atoms with Gasteiger partial charge in [0.15, 0.2) is 11.6 Å². The van der Waals surface area contributed by atoms with Gasteiger partial charge in [-0.05, 0) is 54.3 Å². The molecule has 1 amide bonds. The fourth-order valence-corrected chi connectivity index (χ4v) is 4.22. The highest BCUT2D eigenvalue weighted by Gasteiger charge is 2.28. The molecule has 2 aromatic carbocycles. The van der Waals surface area contributed by atoms with Crippen molar-refractivity contribution in [2.45, 2.75) is 18.9 Å². The molecule has 1 aliphatic rings. The van der Waals surface area contributed by atoms with E-state index >= 15 is 0 Å². The summed E-state index contributed by atoms with van der Waals surface area (Å²) in [6, 6.07) is 9.94. The first-order valence-electron chi connectivity index (χ1n) is 10.5. The van der Waals surface area contributed by atoms with Gasteiger partial charge in [0, 0.05) is 17.6 Å². The van der Waals surface area contributed by atoms with Crippen LogP contribution in [0.4, 0.5) is 8.78 Å². The van der Waals surface area contributed by atoms with Crippen molar-refractivity contribution < 1.29 is 13.6 Å². The fourth-order valence-electron chi connectivity index (χ4n) is 4.10. The molecular weight excluding hydrogens is 464 g/mol. The third-order valence-corrected chi connectivity index (χ3v) is 6.05. The Balaban J connectivity index is 1.56. The van der Waals surface area contributed by atoms with Crippen LogP contribution in [0, 0.1) is 11.6 Å². The first-order chi connectivity index (χ1) is 16.3. The Morgan fingerprint density at radius 3 is 2.59 bits per heavy atom. The molecule has 4 aromatic rings. The van der Waals surface area contributed by atoms with E-state index in [1.165, 1.54) is 16.9 Å². The number of nitrogens with zero attached hydrogens (tertiary/aromatic N) is 4. The number of hydrogen-bond acceptors (Lipinski definition) is 4. The van der Waals surface area contributed by atoms with E-state index in [0.717, 1.165) is 16.8 Å². The van der Waals surface area contributed by atoms with Crippen LogP contribution in [0.15, 0.2) is 59.7 Å². The zero-order chi connectivity index (χ0) is 24.0. The number of carbonyl (C=O) groups excluding carboxylic acids is 1. The van der Waals surface area contributed by atoms with E-state index in [0.29, 0.717) is 45.9 Å². The van der Waals surface area contributed by atoms with Crippen LogP contribution in [-0.4, -0.2) is 25.5 Å². The van der Waals surface area contributed by atoms with Gasteiger partial charge in [0.25, 0.3) is 11.5 Å². The van der Waals surface area contributed by atoms with Crippen molar-refractivity contribution >= 4 is 17.5 Å². The lowest BCUT2D eigenvalue weighted by Gasteiger charge is -2.15. The van der Waals surface area contributed by atoms with E-state index in [2.05, 4.69) is 15.5 Å². The van der Waals surface area contributed by atoms with Crippen LogP contribution in [0.5, 0.6) is 0 Å². The summed E-state index contributed by atoms with van der Waals surface area (Å²) in [4.78, 5) is 26.5. The van der Waals surface area contributed by atoms with Crippen LogP contribution in [-0.2, 0) is 13.5 Å². The van der Waals surface area contributed by atoms with Gasteiger partial charge in [-0.25, -0.2) is 8.78 Å². The second-order valence-electron chi connectivity index (χ2n) is 8.07. The van der Waals surface area contributed by atoms with Crippen molar-refractivity contribution in [3.63, 3.8) is 0 Å². The van der Waals surface area contributed by atoms with E-state index < -0.39 is 29.1 Å². The van der Waals surface area contributed by atoms with Gasteiger partial charge in [0.2, 0.25) is 0 Å². The number of rotatable bonds is 4. The third-order valence-electron chi connectivity index (χ3n) is 5.80. The van der Waals surface area contributed by atoms with Crippen LogP contribution in [0.2, 0.25) is 5.02 Å². The molecule has 0 fully saturated rings. The number of aromatic nitrogens is 4. The molecule has 2 aromatic heterocycles. The lowest BCUT2D eigenvalue weighted by molar-refractivity contribution is 0.0934. The van der Waals surface area contributed by atoms with Crippen LogP contribution in [0.25, 0.3) is 16.9 Å². The van der Waals surface area contributed by atoms with Crippen molar-refractivity contribution in [1.82, 2.24) is 24.9 Å². The topological polar surface area (TPSA) is 81.8 Å². The first-order valence-corrected chi connectivity index (χ1v) is 10.9. The van der Waals surface area contributed by atoms with Gasteiger partial charge in [-0.2, -0.15) is 14.9 Å². The molecule has 2 heterocycles. The van der Waals surface area contributed by atoms with E-state index in [9.17, 15) is 18.4 Å². The molecule has 5 rings (SSSR count). The predicted molar refractivity (Wildman–Crippen MR) is 122 cm³/mol. The lowest BCUT2D eigenvalue weighted by Crippen LogP contribution is -2.35. The second kappa shape index (κ2) is 8.49. The Hall–Kier alpha value is -3.85. The third kappa shape index (κ3) is 3.99. The van der Waals surface area contributed by atoms with Crippen molar-refractivity contribution in [2.75, 3.05) is 0 Å². The Kier molecular flexibility index (Phi) is 5.49. The molecule has 1 aliphatic carbocycles. The zero-order valence-electron chi connectivity index (χ0n) is 17.9. The number of benzene rings is 2. The number of amides is 1. The molecule has 1 N–H and O–H groups in total. The standard InChI is InChI=1S/C24H18ClF2N5O2/c1-31-12-16(11-28-31)32-24(34)18(10-22(30-32)13-2-5-15(25)6-3-13)23(33)29-21-7-4-14-8-19(26)20(27)9-17(14)21/h2-3,5-6,8-12,21H,4,7H2,1H3,(H,29,33). The fraction of sp³-hybridized carbons (Fsp3) is 0.167. The Bertz CT molecular complexity index is 1480. The van der Waals surface area contributed by atoms with E-state index in [4.69, 9.17) is 11.6 Å². The molecule has 0 aliphatic heterocycles. The minimum atomic E-state index is -0.979. The molecule has 0 saturated heterocycles. The monoisotopic (exact) mass is 481 g/mol. The highest BCUT2D eigenvalue weighted by atomic mass is 35.5. The van der Waals surface area contributed by atoms with Gasteiger partial charge < -0.3 is 5.32 Å². The highest BCUT2D eigenvalue weighted by molar-refractivity contribution is 6.30. The summed E-state index contributed by atoms with van der Waals surface area (Å²) < 4.78 is 30.0. The number of carbonyl (C=O) groups is 1. The average Bonchev–Trinajstić information content (AvgIpc) is 3.41. The largest absolute Gasteiger partial charge is 0.345 e. The number of aryl methyl sites for hydroxylation is 2. The number of nitrogens with one attached hydrogen (secondary N) is 1. The highest BCUT2D eigenvalue weighted by Crippen LogP contribution is 2.33. The maximum atomic E-state index is 13.8. The summed E-state index contributed by atoms with van der Waals surface area (Å²) in [5.41, 5.74) is 1.79. The van der Waals surface area contributed by atoms with Gasteiger partial charge in [-0.1, -0.05) is 23.7 Å². The summed E-state index contributed by atoms with van der Waals surface area (Å²) in [6.07, 6.45) is 4.03. The molecule has 1 atom stereocenters. The van der Waals surface area contributed by atoms with Crippen molar-refractivity contribution in [2.24, 2.45) is 7.05 Å². The van der Waals surface area contributed by atoms with Gasteiger partial charge >= 0.3 is 0 Å². The van der Waals surface area contributed by atoms with Gasteiger partial charge in [-0.15, -0.1) is 0 Å². The van der Waals surface area contributed by atoms with Gasteiger partial charge in [0.05, 0.1) is 24.1 Å². The van der Waals surface area contributed by atoms with E-state index in [1.807, 2.05) is 0 Å². The Morgan fingerprint density at radius 1 is 1.15 bits per heavy atom. The summed E-state index contributed by atoms with van der Waals surface area (Å²) in [5.74, 6) is -2.54. The molecule has 172 valence electrons. The van der Waals surface area contributed by atoms with Crippen molar-refractivity contribution in [3.8, 4) is 16.9 Å². The van der Waals surface area contributed by atoms with Crippen LogP contribution in [0.1, 0.15) is 33.9 Å². The predicted octanol–water partition coefficient (Wildman–Crippen LogP) is 3.98. The molecule has 1 unspecified atom stereocenters. The second-order valence-corrected chi connectivity index (χ2v) is 8.51. The molecule has 34 heavy (non-hydrogen) atoms. The van der Waals surface area contributed by atoms with E-state index in [1.54, 1.807) is 37.5 Å². The summed E-state index contributed by atoms with van der Waals surface area (Å²) in [5, 5.41) is 11.8. The molecular formula is C24H18ClF2N5O2. The molecule has 0 radical (unpaired) electrons. The quantitative estimate of drug-likeness (QED) is 0.478. The number of fused-ring (bicyclic) bond motifs is 1. The minimum Gasteiger partial charge on any atom is -0.345 e. The molecule has 0 spiro atoms. The summed E-state index contributed by atoms with van der Waals surface area (Å²) >= 11 is 5.99. The zero-order valence-corrected chi connectivity index (χ0v) is 18.7. The van der Waals surface area contributed by atoms with E-state index in [-0.39, 0.29) is 5.56 Å². The van der Waals surface area contributed by atoms with Crippen LogP contribution in [0.3, 0.4) is 0 Å². The Labute approximate surface area is 197 Å². The minimum absolute atomic E-state index is 0.139. The molecule has 0 bridgehead atoms. The smallest absolute Gasteiger partial charge is 0.284 e. The number of halogens is 3. The lowest BCUT2D eigenvalue weighted by atomic mass is 10.1. The maximum absolute atomic E-state index is 13.8. The molecule has 7 nitrogen and oxygen atoms in total. The van der Waals surface area contributed by atoms with Crippen molar-refractivity contribution in [3.05, 3.63) is 98.6 Å². The average molecular weight is 482 g/mol. The Morgan fingerprint density at radius 2 is 1.88 bits per heavy atom. The molecule has 0 saturated carbocycles. The summed E-state index contributed by atoms with van der Waals surface area (Å²) in [6.45, 7) is 0. The summed E-state index contributed by atoms with van der Waals surface area (Å²) in [7, 11) is 1.70. The maximum Gasteiger partial charge on any atom is 0.284 e. The number of hydrogen-bond donors (Lipinski definition) is 1. The normalized spacial score (nSPS) is 14.8.